The molecule has 1 aliphatic rings. The molecule has 3 rings (SSSR count). The van der Waals surface area contributed by atoms with Crippen molar-refractivity contribution >= 4 is 23.1 Å². The Bertz CT molecular complexity index is 860. The monoisotopic (exact) mass is 380 g/mol. The van der Waals surface area contributed by atoms with Gasteiger partial charge in [0.25, 0.3) is 0 Å². The minimum absolute atomic E-state index is 0.0143. The van der Waals surface area contributed by atoms with Crippen LogP contribution in [0.1, 0.15) is 42.7 Å². The van der Waals surface area contributed by atoms with Crippen molar-refractivity contribution in [3.8, 4) is 5.75 Å². The van der Waals surface area contributed by atoms with Gasteiger partial charge in [-0.2, -0.15) is 0 Å². The molecule has 140 valence electrons. The van der Waals surface area contributed by atoms with E-state index in [9.17, 15) is 4.79 Å². The molecule has 0 saturated carbocycles. The van der Waals surface area contributed by atoms with Gasteiger partial charge in [-0.15, -0.1) is 0 Å². The van der Waals surface area contributed by atoms with Crippen LogP contribution in [0.2, 0.25) is 0 Å². The first-order valence-corrected chi connectivity index (χ1v) is 9.59. The second-order valence-corrected chi connectivity index (χ2v) is 6.71. The third-order valence-electron chi connectivity index (χ3n) is 4.72. The SMILES string of the molecule is CCOc1ccc(C2NC(=S)N(CC)C(C)=C2C(=O)c2ccccc2)cc1. The predicted octanol–water partition coefficient (Wildman–Crippen LogP) is 4.49. The van der Waals surface area contributed by atoms with Gasteiger partial charge in [-0.25, -0.2) is 0 Å². The largest absolute Gasteiger partial charge is 0.494 e. The standard InChI is InChI=1S/C22H24N2O2S/c1-4-24-15(3)19(21(25)17-9-7-6-8-10-17)20(23-22(24)27)16-11-13-18(14-12-16)26-5-2/h6-14,20H,4-5H2,1-3H3,(H,23,27). The number of ether oxygens (including phenoxy) is 1. The molecule has 5 heteroatoms. The molecule has 0 aromatic heterocycles. The number of carbonyl (C=O) groups excluding carboxylic acids is 1. The summed E-state index contributed by atoms with van der Waals surface area (Å²) in [6.07, 6.45) is 0. The van der Waals surface area contributed by atoms with E-state index in [1.807, 2.05) is 80.3 Å². The van der Waals surface area contributed by atoms with Crippen molar-refractivity contribution in [1.82, 2.24) is 10.2 Å². The maximum Gasteiger partial charge on any atom is 0.193 e. The third-order valence-corrected chi connectivity index (χ3v) is 5.06. The van der Waals surface area contributed by atoms with Crippen LogP contribution in [0.15, 0.2) is 65.9 Å². The average molecular weight is 381 g/mol. The maximum atomic E-state index is 13.3. The fourth-order valence-electron chi connectivity index (χ4n) is 3.37. The number of hydrogen-bond donors (Lipinski definition) is 1. The van der Waals surface area contributed by atoms with E-state index in [1.165, 1.54) is 0 Å². The summed E-state index contributed by atoms with van der Waals surface area (Å²) in [5.74, 6) is 0.826. The molecule has 1 atom stereocenters. The van der Waals surface area contributed by atoms with E-state index >= 15 is 0 Å². The summed E-state index contributed by atoms with van der Waals surface area (Å²) in [6.45, 7) is 7.28. The lowest BCUT2D eigenvalue weighted by atomic mass is 9.89. The summed E-state index contributed by atoms with van der Waals surface area (Å²) in [5.41, 5.74) is 3.28. The Morgan fingerprint density at radius 1 is 1.11 bits per heavy atom. The summed E-state index contributed by atoms with van der Waals surface area (Å²) in [6, 6.07) is 16.9. The van der Waals surface area contributed by atoms with Crippen LogP contribution in [0, 0.1) is 0 Å². The van der Waals surface area contributed by atoms with Crippen molar-refractivity contribution in [3.63, 3.8) is 0 Å². The number of nitrogens with zero attached hydrogens (tertiary/aromatic N) is 1. The zero-order valence-electron chi connectivity index (χ0n) is 15.9. The molecule has 0 bridgehead atoms. The zero-order valence-corrected chi connectivity index (χ0v) is 16.7. The van der Waals surface area contributed by atoms with Gasteiger partial charge in [-0.3, -0.25) is 4.79 Å². The van der Waals surface area contributed by atoms with E-state index in [1.54, 1.807) is 0 Å². The molecular weight excluding hydrogens is 356 g/mol. The highest BCUT2D eigenvalue weighted by atomic mass is 32.1. The van der Waals surface area contributed by atoms with E-state index < -0.39 is 0 Å². The number of ketones is 1. The molecular formula is C22H24N2O2S. The summed E-state index contributed by atoms with van der Waals surface area (Å²) >= 11 is 5.55. The van der Waals surface area contributed by atoms with Crippen molar-refractivity contribution in [2.24, 2.45) is 0 Å². The molecule has 0 radical (unpaired) electrons. The maximum absolute atomic E-state index is 13.3. The summed E-state index contributed by atoms with van der Waals surface area (Å²) < 4.78 is 5.54. The molecule has 2 aromatic carbocycles. The van der Waals surface area contributed by atoms with E-state index in [4.69, 9.17) is 17.0 Å². The molecule has 27 heavy (non-hydrogen) atoms. The number of nitrogens with one attached hydrogen (secondary N) is 1. The number of Topliss-reactive ketones (excluding diaryl/α,β-unsaturated/α-hetero) is 1. The van der Waals surface area contributed by atoms with Gasteiger partial charge in [-0.1, -0.05) is 42.5 Å². The molecule has 1 unspecified atom stereocenters. The van der Waals surface area contributed by atoms with E-state index in [2.05, 4.69) is 5.32 Å². The number of carbonyl (C=O) groups is 1. The van der Waals surface area contributed by atoms with Crippen LogP contribution in [0.3, 0.4) is 0 Å². The quantitative estimate of drug-likeness (QED) is 0.591. The van der Waals surface area contributed by atoms with Crippen LogP contribution >= 0.6 is 12.2 Å². The highest BCUT2D eigenvalue weighted by molar-refractivity contribution is 7.80. The molecule has 0 saturated heterocycles. The minimum atomic E-state index is -0.288. The van der Waals surface area contributed by atoms with Crippen LogP contribution in [0.25, 0.3) is 0 Å². The molecule has 0 spiro atoms. The number of hydrogen-bond acceptors (Lipinski definition) is 3. The lowest BCUT2D eigenvalue weighted by Crippen LogP contribution is -2.47. The van der Waals surface area contributed by atoms with Crippen LogP contribution in [-0.4, -0.2) is 28.9 Å². The van der Waals surface area contributed by atoms with E-state index in [-0.39, 0.29) is 11.8 Å². The van der Waals surface area contributed by atoms with Gasteiger partial charge in [0.2, 0.25) is 0 Å². The fraction of sp³-hybridized carbons (Fsp3) is 0.273. The highest BCUT2D eigenvalue weighted by Gasteiger charge is 2.33. The molecule has 2 aromatic rings. The number of thiocarbonyl (C=S) groups is 1. The Morgan fingerprint density at radius 2 is 1.78 bits per heavy atom. The summed E-state index contributed by atoms with van der Waals surface area (Å²) in [5, 5.41) is 3.99. The van der Waals surface area contributed by atoms with Crippen molar-refractivity contribution < 1.29 is 9.53 Å². The van der Waals surface area contributed by atoms with Crippen molar-refractivity contribution in [1.29, 1.82) is 0 Å². The first kappa shape index (κ1) is 19.1. The van der Waals surface area contributed by atoms with Crippen molar-refractivity contribution in [3.05, 3.63) is 77.0 Å². The highest BCUT2D eigenvalue weighted by Crippen LogP contribution is 2.33. The molecule has 1 N–H and O–H groups in total. The van der Waals surface area contributed by atoms with E-state index in [0.29, 0.717) is 23.8 Å². The number of rotatable bonds is 6. The predicted molar refractivity (Wildman–Crippen MR) is 112 cm³/mol. The Balaban J connectivity index is 2.06. The van der Waals surface area contributed by atoms with Crippen LogP contribution in [0.4, 0.5) is 0 Å². The van der Waals surface area contributed by atoms with Crippen LogP contribution in [0.5, 0.6) is 5.75 Å². The smallest absolute Gasteiger partial charge is 0.193 e. The molecule has 0 amide bonds. The van der Waals surface area contributed by atoms with Gasteiger partial charge in [-0.05, 0) is 50.7 Å². The normalized spacial score (nSPS) is 16.9. The summed E-state index contributed by atoms with van der Waals surface area (Å²) in [7, 11) is 0. The molecule has 1 aliphatic heterocycles. The molecule has 1 heterocycles. The summed E-state index contributed by atoms with van der Waals surface area (Å²) in [4.78, 5) is 15.3. The Labute approximate surface area is 165 Å². The second kappa shape index (κ2) is 8.35. The van der Waals surface area contributed by atoms with Gasteiger partial charge in [0.1, 0.15) is 5.75 Å². The Hall–Kier alpha value is -2.66. The van der Waals surface area contributed by atoms with Gasteiger partial charge in [0.15, 0.2) is 10.9 Å². The molecule has 0 fully saturated rings. The lowest BCUT2D eigenvalue weighted by molar-refractivity contribution is 0.102. The first-order chi connectivity index (χ1) is 13.1. The Kier molecular flexibility index (Phi) is 5.91. The lowest BCUT2D eigenvalue weighted by Gasteiger charge is -2.37. The fourth-order valence-corrected chi connectivity index (χ4v) is 3.76. The number of allylic oxidation sites excluding steroid dienone is 1. The van der Waals surface area contributed by atoms with Crippen molar-refractivity contribution in [2.75, 3.05) is 13.2 Å². The zero-order chi connectivity index (χ0) is 19.4. The van der Waals surface area contributed by atoms with Crippen LogP contribution < -0.4 is 10.1 Å². The molecule has 0 aliphatic carbocycles. The Morgan fingerprint density at radius 3 is 2.37 bits per heavy atom. The minimum Gasteiger partial charge on any atom is -0.494 e. The first-order valence-electron chi connectivity index (χ1n) is 9.18. The average Bonchev–Trinajstić information content (AvgIpc) is 2.69. The number of benzene rings is 2. The second-order valence-electron chi connectivity index (χ2n) is 6.32. The van der Waals surface area contributed by atoms with Gasteiger partial charge in [0, 0.05) is 23.4 Å². The molecule has 4 nitrogen and oxygen atoms in total. The van der Waals surface area contributed by atoms with Crippen LogP contribution in [-0.2, 0) is 0 Å². The topological polar surface area (TPSA) is 41.6 Å². The third kappa shape index (κ3) is 3.88. The van der Waals surface area contributed by atoms with Gasteiger partial charge < -0.3 is 15.0 Å². The van der Waals surface area contributed by atoms with Gasteiger partial charge in [0.05, 0.1) is 12.6 Å². The van der Waals surface area contributed by atoms with Gasteiger partial charge >= 0.3 is 0 Å². The van der Waals surface area contributed by atoms with Crippen molar-refractivity contribution in [2.45, 2.75) is 26.8 Å². The van der Waals surface area contributed by atoms with E-state index in [0.717, 1.165) is 22.6 Å².